The monoisotopic (exact) mass is 522 g/mol. The van der Waals surface area contributed by atoms with E-state index in [0.717, 1.165) is 31.9 Å². The molecule has 158 valence electrons. The number of nitrogens with zero attached hydrogens (tertiary/aromatic N) is 3. The number of ether oxygens (including phenoxy) is 2. The average Bonchev–Trinajstić information content (AvgIpc) is 3.34. The first-order valence-corrected chi connectivity index (χ1v) is 10.4. The highest BCUT2D eigenvalue weighted by molar-refractivity contribution is 14.0. The number of guanidine groups is 1. The van der Waals surface area contributed by atoms with Gasteiger partial charge in [-0.25, -0.2) is 4.99 Å². The molecule has 1 amide bonds. The van der Waals surface area contributed by atoms with Gasteiger partial charge in [-0.3, -0.25) is 4.79 Å². The van der Waals surface area contributed by atoms with E-state index in [2.05, 4.69) is 26.7 Å². The number of hydrogen-bond acceptors (Lipinski definition) is 5. The van der Waals surface area contributed by atoms with Gasteiger partial charge >= 0.3 is 0 Å². The van der Waals surface area contributed by atoms with E-state index < -0.39 is 5.79 Å². The molecule has 0 radical (unpaired) electrons. The van der Waals surface area contributed by atoms with Crippen molar-refractivity contribution in [2.75, 3.05) is 46.9 Å². The largest absolute Gasteiger partial charge is 0.351 e. The third-order valence-electron chi connectivity index (χ3n) is 5.19. The molecule has 0 aromatic carbocycles. The van der Waals surface area contributed by atoms with Crippen LogP contribution in [0.15, 0.2) is 22.5 Å². The first kappa shape index (κ1) is 23.4. The van der Waals surface area contributed by atoms with Crippen LogP contribution in [0.25, 0.3) is 0 Å². The summed E-state index contributed by atoms with van der Waals surface area (Å²) < 4.78 is 11.8. The van der Waals surface area contributed by atoms with Crippen molar-refractivity contribution in [2.45, 2.75) is 32.1 Å². The van der Waals surface area contributed by atoms with Crippen LogP contribution in [0.3, 0.4) is 0 Å². The van der Waals surface area contributed by atoms with E-state index in [1.54, 1.807) is 30.3 Å². The minimum Gasteiger partial charge on any atom is -0.351 e. The summed E-state index contributed by atoms with van der Waals surface area (Å²) in [6.45, 7) is 5.93. The lowest BCUT2D eigenvalue weighted by Crippen LogP contribution is -2.52. The van der Waals surface area contributed by atoms with Gasteiger partial charge in [-0.1, -0.05) is 6.07 Å². The highest BCUT2D eigenvalue weighted by Crippen LogP contribution is 2.34. The van der Waals surface area contributed by atoms with E-state index >= 15 is 0 Å². The normalized spacial score (nSPS) is 21.9. The summed E-state index contributed by atoms with van der Waals surface area (Å²) in [5, 5.41) is 5.51. The minimum absolute atomic E-state index is 0. The molecule has 7 nitrogen and oxygen atoms in total. The van der Waals surface area contributed by atoms with Crippen molar-refractivity contribution in [1.82, 2.24) is 15.1 Å². The zero-order chi connectivity index (χ0) is 19.3. The van der Waals surface area contributed by atoms with Crippen molar-refractivity contribution in [3.8, 4) is 0 Å². The zero-order valence-corrected chi connectivity index (χ0v) is 20.0. The number of nitrogens with one attached hydrogen (secondary N) is 1. The van der Waals surface area contributed by atoms with Crippen molar-refractivity contribution < 1.29 is 14.3 Å². The van der Waals surface area contributed by atoms with Gasteiger partial charge < -0.3 is 24.6 Å². The first-order valence-electron chi connectivity index (χ1n) is 9.51. The molecule has 1 unspecified atom stereocenters. The molecule has 0 bridgehead atoms. The molecule has 2 aliphatic rings. The number of amides is 1. The predicted molar refractivity (Wildman–Crippen MR) is 122 cm³/mol. The molecule has 3 rings (SSSR count). The van der Waals surface area contributed by atoms with Gasteiger partial charge in [-0.05, 0) is 31.2 Å². The Bertz CT molecular complexity index is 648. The van der Waals surface area contributed by atoms with E-state index in [-0.39, 0.29) is 42.3 Å². The van der Waals surface area contributed by atoms with Crippen LogP contribution in [0, 0.1) is 5.92 Å². The molecule has 1 atom stereocenters. The first-order chi connectivity index (χ1) is 13.0. The SMILES string of the molecule is CN(C)C(=O)CN=C(NCc1cccs1)N1CCCC(C2(C)OCCO2)C1.I. The summed E-state index contributed by atoms with van der Waals surface area (Å²) >= 11 is 1.71. The summed E-state index contributed by atoms with van der Waals surface area (Å²) in [6, 6.07) is 4.14. The third-order valence-corrected chi connectivity index (χ3v) is 6.06. The molecule has 0 saturated carbocycles. The molecule has 2 saturated heterocycles. The minimum atomic E-state index is -0.517. The summed E-state index contributed by atoms with van der Waals surface area (Å²) in [5.41, 5.74) is 0. The Labute approximate surface area is 188 Å². The lowest BCUT2D eigenvalue weighted by Gasteiger charge is -2.41. The van der Waals surface area contributed by atoms with E-state index in [4.69, 9.17) is 9.47 Å². The Morgan fingerprint density at radius 3 is 2.82 bits per heavy atom. The molecular formula is C19H31IN4O3S. The fourth-order valence-electron chi connectivity index (χ4n) is 3.49. The van der Waals surface area contributed by atoms with Gasteiger partial charge in [0.1, 0.15) is 6.54 Å². The number of piperidine rings is 1. The van der Waals surface area contributed by atoms with Crippen LogP contribution >= 0.6 is 35.3 Å². The zero-order valence-electron chi connectivity index (χ0n) is 16.8. The van der Waals surface area contributed by atoms with E-state index in [0.29, 0.717) is 19.8 Å². The Hall–Kier alpha value is -0.910. The maximum atomic E-state index is 12.0. The number of carbonyl (C=O) groups is 1. The van der Waals surface area contributed by atoms with Crippen LogP contribution < -0.4 is 5.32 Å². The van der Waals surface area contributed by atoms with Crippen LogP contribution in [-0.4, -0.2) is 74.4 Å². The van der Waals surface area contributed by atoms with Crippen LogP contribution in [0.1, 0.15) is 24.6 Å². The molecule has 28 heavy (non-hydrogen) atoms. The Balaban J connectivity index is 0.00000280. The summed E-state index contributed by atoms with van der Waals surface area (Å²) in [6.07, 6.45) is 2.12. The second-order valence-corrected chi connectivity index (χ2v) is 8.39. The standard InChI is InChI=1S/C19H30N4O3S.HI/c1-19(25-9-10-26-19)15-6-4-8-23(14-15)18(21-13-17(24)22(2)3)20-12-16-7-5-11-27-16;/h5,7,11,15H,4,6,8-10,12-14H2,1-3H3,(H,20,21);1H. The van der Waals surface area contributed by atoms with Gasteiger partial charge in [0.25, 0.3) is 0 Å². The highest BCUT2D eigenvalue weighted by Gasteiger charge is 2.42. The molecule has 1 aromatic rings. The third kappa shape index (κ3) is 6.04. The van der Waals surface area contributed by atoms with Crippen LogP contribution in [0.2, 0.25) is 0 Å². The molecule has 3 heterocycles. The summed E-state index contributed by atoms with van der Waals surface area (Å²) in [7, 11) is 3.51. The Morgan fingerprint density at radius 2 is 2.18 bits per heavy atom. The van der Waals surface area contributed by atoms with Gasteiger partial charge in [0.2, 0.25) is 5.91 Å². The van der Waals surface area contributed by atoms with Gasteiger partial charge in [-0.2, -0.15) is 0 Å². The Kier molecular flexibility index (Phi) is 8.97. The summed E-state index contributed by atoms with van der Waals surface area (Å²) in [5.74, 6) is 0.544. The molecule has 1 aromatic heterocycles. The molecular weight excluding hydrogens is 491 g/mol. The van der Waals surface area contributed by atoms with Crippen LogP contribution in [-0.2, 0) is 20.8 Å². The number of likely N-dealkylation sites (N-methyl/N-ethyl adjacent to an activating group) is 1. The van der Waals surface area contributed by atoms with E-state index in [1.165, 1.54) is 4.88 Å². The average molecular weight is 522 g/mol. The number of aliphatic imine (C=N–C) groups is 1. The van der Waals surface area contributed by atoms with E-state index in [9.17, 15) is 4.79 Å². The summed E-state index contributed by atoms with van der Waals surface area (Å²) in [4.78, 5) is 21.7. The molecule has 2 fully saturated rings. The van der Waals surface area contributed by atoms with Crippen molar-refractivity contribution in [3.05, 3.63) is 22.4 Å². The van der Waals surface area contributed by atoms with Gasteiger partial charge in [0.05, 0.1) is 19.8 Å². The van der Waals surface area contributed by atoms with Crippen molar-refractivity contribution in [2.24, 2.45) is 10.9 Å². The van der Waals surface area contributed by atoms with Gasteiger partial charge in [0, 0.05) is 38.0 Å². The van der Waals surface area contributed by atoms with Crippen LogP contribution in [0.5, 0.6) is 0 Å². The number of thiophene rings is 1. The predicted octanol–water partition coefficient (Wildman–Crippen LogP) is 2.37. The number of rotatable bonds is 5. The van der Waals surface area contributed by atoms with E-state index in [1.807, 2.05) is 13.0 Å². The van der Waals surface area contributed by atoms with Gasteiger partial charge in [-0.15, -0.1) is 35.3 Å². The van der Waals surface area contributed by atoms with Crippen LogP contribution in [0.4, 0.5) is 0 Å². The topological polar surface area (TPSA) is 66.4 Å². The number of halogens is 1. The second-order valence-electron chi connectivity index (χ2n) is 7.36. The van der Waals surface area contributed by atoms with Crippen molar-refractivity contribution in [3.63, 3.8) is 0 Å². The second kappa shape index (κ2) is 10.7. The van der Waals surface area contributed by atoms with Gasteiger partial charge in [0.15, 0.2) is 11.7 Å². The molecule has 0 aliphatic carbocycles. The molecule has 0 spiro atoms. The fourth-order valence-corrected chi connectivity index (χ4v) is 4.14. The molecule has 9 heteroatoms. The smallest absolute Gasteiger partial charge is 0.243 e. The quantitative estimate of drug-likeness (QED) is 0.366. The fraction of sp³-hybridized carbons (Fsp3) is 0.684. The molecule has 2 aliphatic heterocycles. The highest BCUT2D eigenvalue weighted by atomic mass is 127. The number of hydrogen-bond donors (Lipinski definition) is 1. The maximum Gasteiger partial charge on any atom is 0.243 e. The lowest BCUT2D eigenvalue weighted by molar-refractivity contribution is -0.189. The maximum absolute atomic E-state index is 12.0. The van der Waals surface area contributed by atoms with Crippen molar-refractivity contribution >= 4 is 47.2 Å². The van der Waals surface area contributed by atoms with Crippen molar-refractivity contribution in [1.29, 1.82) is 0 Å². The number of likely N-dealkylation sites (tertiary alicyclic amines) is 1. The molecule has 1 N–H and O–H groups in total. The number of carbonyl (C=O) groups excluding carboxylic acids is 1. The lowest BCUT2D eigenvalue weighted by atomic mass is 9.90. The Morgan fingerprint density at radius 1 is 1.43 bits per heavy atom.